The number of anilines is 1. The van der Waals surface area contributed by atoms with Gasteiger partial charge in [-0.3, -0.25) is 34.2 Å². The number of rotatable bonds is 9. The van der Waals surface area contributed by atoms with Crippen molar-refractivity contribution in [3.63, 3.8) is 0 Å². The first kappa shape index (κ1) is 24.4. The van der Waals surface area contributed by atoms with Crippen LogP contribution in [-0.4, -0.2) is 53.6 Å². The van der Waals surface area contributed by atoms with Gasteiger partial charge in [0.2, 0.25) is 17.7 Å². The van der Waals surface area contributed by atoms with Crippen molar-refractivity contribution in [3.05, 3.63) is 29.3 Å². The highest BCUT2D eigenvalue weighted by Crippen LogP contribution is 2.32. The molecule has 0 spiro atoms. The number of carbonyl (C=O) groups excluding carboxylic acids is 5. The Morgan fingerprint density at radius 1 is 1.12 bits per heavy atom. The van der Waals surface area contributed by atoms with E-state index in [-0.39, 0.29) is 35.8 Å². The Morgan fingerprint density at radius 2 is 1.82 bits per heavy atom. The van der Waals surface area contributed by atoms with Gasteiger partial charge in [0.15, 0.2) is 0 Å². The molecule has 0 aromatic heterocycles. The van der Waals surface area contributed by atoms with Gasteiger partial charge < -0.3 is 10.6 Å². The summed E-state index contributed by atoms with van der Waals surface area (Å²) in [5, 5.41) is 8.38. The van der Waals surface area contributed by atoms with Crippen molar-refractivity contribution >= 4 is 35.2 Å². The maximum Gasteiger partial charge on any atom is 0.264 e. The largest absolute Gasteiger partial charge is 0.384 e. The van der Waals surface area contributed by atoms with Crippen molar-refractivity contribution in [1.82, 2.24) is 15.5 Å². The first-order valence-corrected chi connectivity index (χ1v) is 11.4. The summed E-state index contributed by atoms with van der Waals surface area (Å²) in [6, 6.07) is 4.00. The van der Waals surface area contributed by atoms with Gasteiger partial charge in [-0.15, -0.1) is 0 Å². The van der Waals surface area contributed by atoms with E-state index in [2.05, 4.69) is 16.0 Å². The number of imide groups is 2. The number of nitrogens with one attached hydrogen (secondary N) is 3. The van der Waals surface area contributed by atoms with E-state index in [9.17, 15) is 24.0 Å². The van der Waals surface area contributed by atoms with Crippen LogP contribution in [0.15, 0.2) is 18.2 Å². The zero-order valence-corrected chi connectivity index (χ0v) is 19.6. The topological polar surface area (TPSA) is 125 Å². The van der Waals surface area contributed by atoms with E-state index in [4.69, 9.17) is 0 Å². The Labute approximate surface area is 193 Å². The summed E-state index contributed by atoms with van der Waals surface area (Å²) in [6.45, 7) is 9.02. The Hall–Kier alpha value is -3.23. The summed E-state index contributed by atoms with van der Waals surface area (Å²) >= 11 is 0. The number of unbranched alkanes of at least 4 members (excludes halogenated alkanes) is 1. The van der Waals surface area contributed by atoms with E-state index in [1.807, 2.05) is 27.7 Å². The standard InChI is InChI=1S/C24H32N4O5/c1-14(2)24(3,4)23(33)26-13-6-5-12-25-16-9-7-8-15-19(16)22(32)28(21(15)31)17-10-11-18(29)27-20(17)30/h7-9,14,17,25H,5-6,10-13H2,1-4H3,(H,26,33)(H,27,29,30). The van der Waals surface area contributed by atoms with E-state index in [0.717, 1.165) is 17.7 Å². The van der Waals surface area contributed by atoms with Gasteiger partial charge in [-0.05, 0) is 37.3 Å². The van der Waals surface area contributed by atoms with Crippen LogP contribution in [0.25, 0.3) is 0 Å². The van der Waals surface area contributed by atoms with Crippen LogP contribution >= 0.6 is 0 Å². The molecule has 2 heterocycles. The molecular weight excluding hydrogens is 424 g/mol. The van der Waals surface area contributed by atoms with Crippen LogP contribution in [0.5, 0.6) is 0 Å². The number of nitrogens with zero attached hydrogens (tertiary/aromatic N) is 1. The van der Waals surface area contributed by atoms with Crippen LogP contribution in [0.3, 0.4) is 0 Å². The molecule has 9 heteroatoms. The second-order valence-electron chi connectivity index (χ2n) is 9.44. The van der Waals surface area contributed by atoms with Crippen molar-refractivity contribution in [2.75, 3.05) is 18.4 Å². The van der Waals surface area contributed by atoms with Crippen LogP contribution in [0, 0.1) is 11.3 Å². The number of carbonyl (C=O) groups is 5. The third-order valence-corrected chi connectivity index (χ3v) is 6.70. The quantitative estimate of drug-likeness (QED) is 0.386. The molecule has 1 fully saturated rings. The minimum Gasteiger partial charge on any atom is -0.384 e. The Bertz CT molecular complexity index is 985. The van der Waals surface area contributed by atoms with E-state index >= 15 is 0 Å². The van der Waals surface area contributed by atoms with E-state index < -0.39 is 35.1 Å². The molecule has 5 amide bonds. The van der Waals surface area contributed by atoms with Crippen molar-refractivity contribution in [2.45, 2.75) is 59.4 Å². The van der Waals surface area contributed by atoms with Gasteiger partial charge in [0.1, 0.15) is 6.04 Å². The molecule has 1 aromatic rings. The summed E-state index contributed by atoms with van der Waals surface area (Å²) in [5.41, 5.74) is 0.604. The van der Waals surface area contributed by atoms with Gasteiger partial charge in [-0.25, -0.2) is 0 Å². The maximum absolute atomic E-state index is 13.1. The molecule has 0 bridgehead atoms. The fourth-order valence-corrected chi connectivity index (χ4v) is 3.83. The van der Waals surface area contributed by atoms with Crippen LogP contribution < -0.4 is 16.0 Å². The summed E-state index contributed by atoms with van der Waals surface area (Å²) in [6.07, 6.45) is 1.72. The summed E-state index contributed by atoms with van der Waals surface area (Å²) in [4.78, 5) is 62.8. The highest BCUT2D eigenvalue weighted by Gasteiger charge is 2.45. The number of benzene rings is 1. The van der Waals surface area contributed by atoms with E-state index in [1.54, 1.807) is 18.2 Å². The fourth-order valence-electron chi connectivity index (χ4n) is 3.83. The van der Waals surface area contributed by atoms with Crippen molar-refractivity contribution in [3.8, 4) is 0 Å². The average molecular weight is 457 g/mol. The van der Waals surface area contributed by atoms with Gasteiger partial charge >= 0.3 is 0 Å². The minimum atomic E-state index is -0.985. The predicted octanol–water partition coefficient (Wildman–Crippen LogP) is 2.08. The zero-order chi connectivity index (χ0) is 24.3. The monoisotopic (exact) mass is 456 g/mol. The number of amides is 5. The average Bonchev–Trinajstić information content (AvgIpc) is 3.01. The lowest BCUT2D eigenvalue weighted by Gasteiger charge is -2.27. The predicted molar refractivity (Wildman–Crippen MR) is 122 cm³/mol. The Kier molecular flexibility index (Phi) is 7.19. The molecule has 3 N–H and O–H groups in total. The molecule has 0 aliphatic carbocycles. The molecule has 1 saturated heterocycles. The van der Waals surface area contributed by atoms with Crippen molar-refractivity contribution < 1.29 is 24.0 Å². The summed E-state index contributed by atoms with van der Waals surface area (Å²) < 4.78 is 0. The summed E-state index contributed by atoms with van der Waals surface area (Å²) in [7, 11) is 0. The van der Waals surface area contributed by atoms with E-state index in [1.165, 1.54) is 0 Å². The third-order valence-electron chi connectivity index (χ3n) is 6.70. The molecule has 2 aliphatic heterocycles. The number of piperidine rings is 1. The summed E-state index contributed by atoms with van der Waals surface area (Å²) in [5.74, 6) is -1.82. The first-order valence-electron chi connectivity index (χ1n) is 11.4. The van der Waals surface area contributed by atoms with Crippen molar-refractivity contribution in [2.24, 2.45) is 11.3 Å². The smallest absolute Gasteiger partial charge is 0.264 e. The van der Waals surface area contributed by atoms with Crippen LogP contribution in [-0.2, 0) is 14.4 Å². The van der Waals surface area contributed by atoms with Gasteiger partial charge in [-0.1, -0.05) is 33.8 Å². The SMILES string of the molecule is CC(C)C(C)(C)C(=O)NCCCCNc1cccc2c1C(=O)N(C1CCC(=O)NC1=O)C2=O. The molecule has 1 unspecified atom stereocenters. The molecule has 0 saturated carbocycles. The Morgan fingerprint density at radius 3 is 2.48 bits per heavy atom. The van der Waals surface area contributed by atoms with Gasteiger partial charge in [0.05, 0.1) is 11.1 Å². The number of fused-ring (bicyclic) bond motifs is 1. The fraction of sp³-hybridized carbons (Fsp3) is 0.542. The number of hydrogen-bond donors (Lipinski definition) is 3. The molecular formula is C24H32N4O5. The lowest BCUT2D eigenvalue weighted by molar-refractivity contribution is -0.136. The van der Waals surface area contributed by atoms with Crippen LogP contribution in [0.2, 0.25) is 0 Å². The van der Waals surface area contributed by atoms with E-state index in [0.29, 0.717) is 18.8 Å². The molecule has 33 heavy (non-hydrogen) atoms. The van der Waals surface area contributed by atoms with Crippen LogP contribution in [0.1, 0.15) is 74.1 Å². The van der Waals surface area contributed by atoms with Gasteiger partial charge in [0, 0.05) is 30.6 Å². The highest BCUT2D eigenvalue weighted by molar-refractivity contribution is 6.25. The second-order valence-corrected chi connectivity index (χ2v) is 9.44. The molecule has 0 radical (unpaired) electrons. The third kappa shape index (κ3) is 4.91. The first-order chi connectivity index (χ1) is 15.6. The molecule has 2 aliphatic rings. The molecule has 1 aromatic carbocycles. The second kappa shape index (κ2) is 9.72. The number of hydrogen-bond acceptors (Lipinski definition) is 6. The highest BCUT2D eigenvalue weighted by atomic mass is 16.2. The Balaban J connectivity index is 1.56. The normalized spacial score (nSPS) is 18.5. The van der Waals surface area contributed by atoms with Crippen LogP contribution in [0.4, 0.5) is 5.69 Å². The lowest BCUT2D eigenvalue weighted by Crippen LogP contribution is -2.54. The minimum absolute atomic E-state index is 0.0315. The van der Waals surface area contributed by atoms with Gasteiger partial charge in [-0.2, -0.15) is 0 Å². The van der Waals surface area contributed by atoms with Gasteiger partial charge in [0.25, 0.3) is 11.8 Å². The zero-order valence-electron chi connectivity index (χ0n) is 19.6. The molecule has 9 nitrogen and oxygen atoms in total. The maximum atomic E-state index is 13.1. The molecule has 1 atom stereocenters. The molecule has 3 rings (SSSR count). The lowest BCUT2D eigenvalue weighted by atomic mass is 9.80. The molecule has 178 valence electrons. The van der Waals surface area contributed by atoms with Crippen molar-refractivity contribution in [1.29, 1.82) is 0 Å².